The van der Waals surface area contributed by atoms with Gasteiger partial charge in [-0.05, 0) is 31.2 Å². The number of benzene rings is 1. The second kappa shape index (κ2) is 5.39. The molecule has 1 aromatic heterocycles. The molecular weight excluding hydrogens is 239 g/mol. The summed E-state index contributed by atoms with van der Waals surface area (Å²) >= 11 is 0. The number of halogens is 1. The molecule has 0 atom stereocenters. The lowest BCUT2D eigenvalue weighted by Crippen LogP contribution is -2.07. The third kappa shape index (κ3) is 2.91. The number of hydrogen-bond acceptors (Lipinski definition) is 5. The standard InChI is InChI=1S/C12H11FN2O3/c1-2-17-11(16)7-10-14-15-12(18-10)8-3-5-9(13)6-4-8/h3-6H,2,7H2,1H3. The molecule has 0 aliphatic rings. The Kier molecular flexibility index (Phi) is 3.66. The minimum Gasteiger partial charge on any atom is -0.466 e. The lowest BCUT2D eigenvalue weighted by molar-refractivity contribution is -0.142. The molecule has 0 aliphatic heterocycles. The number of nitrogens with zero attached hydrogens (tertiary/aromatic N) is 2. The van der Waals surface area contributed by atoms with Crippen molar-refractivity contribution in [3.8, 4) is 11.5 Å². The van der Waals surface area contributed by atoms with Crippen LogP contribution in [0.2, 0.25) is 0 Å². The molecule has 0 bridgehead atoms. The summed E-state index contributed by atoms with van der Waals surface area (Å²) in [7, 11) is 0. The summed E-state index contributed by atoms with van der Waals surface area (Å²) in [6.45, 7) is 2.02. The molecule has 0 saturated heterocycles. The van der Waals surface area contributed by atoms with E-state index in [4.69, 9.17) is 9.15 Å². The monoisotopic (exact) mass is 250 g/mol. The molecule has 0 spiro atoms. The molecule has 0 fully saturated rings. The van der Waals surface area contributed by atoms with Crippen molar-refractivity contribution in [1.82, 2.24) is 10.2 Å². The zero-order valence-electron chi connectivity index (χ0n) is 9.72. The largest absolute Gasteiger partial charge is 0.466 e. The molecule has 5 nitrogen and oxygen atoms in total. The summed E-state index contributed by atoms with van der Waals surface area (Å²) in [6.07, 6.45) is -0.0674. The van der Waals surface area contributed by atoms with Crippen LogP contribution >= 0.6 is 0 Å². The van der Waals surface area contributed by atoms with Crippen molar-refractivity contribution in [2.75, 3.05) is 6.61 Å². The van der Waals surface area contributed by atoms with Gasteiger partial charge in [0.2, 0.25) is 11.8 Å². The van der Waals surface area contributed by atoms with Crippen LogP contribution in [0.25, 0.3) is 11.5 Å². The third-order valence-corrected chi connectivity index (χ3v) is 2.16. The molecule has 0 amide bonds. The van der Waals surface area contributed by atoms with Gasteiger partial charge in [-0.3, -0.25) is 4.79 Å². The minimum absolute atomic E-state index is 0.0674. The van der Waals surface area contributed by atoms with Crippen molar-refractivity contribution in [2.24, 2.45) is 0 Å². The lowest BCUT2D eigenvalue weighted by Gasteiger charge is -1.97. The van der Waals surface area contributed by atoms with E-state index < -0.39 is 5.97 Å². The van der Waals surface area contributed by atoms with Crippen molar-refractivity contribution >= 4 is 5.97 Å². The van der Waals surface area contributed by atoms with Crippen LogP contribution in [-0.2, 0) is 16.0 Å². The van der Waals surface area contributed by atoms with Gasteiger partial charge in [0.1, 0.15) is 12.2 Å². The number of ether oxygens (including phenoxy) is 1. The topological polar surface area (TPSA) is 65.2 Å². The Hall–Kier alpha value is -2.24. The molecule has 0 aliphatic carbocycles. The lowest BCUT2D eigenvalue weighted by atomic mass is 10.2. The molecule has 0 saturated carbocycles. The maximum atomic E-state index is 12.7. The minimum atomic E-state index is -0.424. The highest BCUT2D eigenvalue weighted by atomic mass is 19.1. The fourth-order valence-electron chi connectivity index (χ4n) is 1.37. The van der Waals surface area contributed by atoms with Gasteiger partial charge in [0.05, 0.1) is 6.61 Å². The summed E-state index contributed by atoms with van der Waals surface area (Å²) in [6, 6.07) is 5.64. The first-order valence-electron chi connectivity index (χ1n) is 5.43. The SMILES string of the molecule is CCOC(=O)Cc1nnc(-c2ccc(F)cc2)o1. The smallest absolute Gasteiger partial charge is 0.315 e. The molecular formula is C12H11FN2O3. The number of aromatic nitrogens is 2. The van der Waals surface area contributed by atoms with Gasteiger partial charge >= 0.3 is 5.97 Å². The Labute approximate surface area is 103 Å². The molecule has 2 rings (SSSR count). The second-order valence-corrected chi connectivity index (χ2v) is 3.49. The van der Waals surface area contributed by atoms with E-state index in [-0.39, 0.29) is 24.0 Å². The van der Waals surface area contributed by atoms with Crippen LogP contribution in [0.5, 0.6) is 0 Å². The Morgan fingerprint density at radius 1 is 1.33 bits per heavy atom. The number of carbonyl (C=O) groups excluding carboxylic acids is 1. The highest BCUT2D eigenvalue weighted by Crippen LogP contribution is 2.18. The molecule has 18 heavy (non-hydrogen) atoms. The zero-order valence-corrected chi connectivity index (χ0v) is 9.72. The van der Waals surface area contributed by atoms with Crippen LogP contribution in [0, 0.1) is 5.82 Å². The highest BCUT2D eigenvalue weighted by Gasteiger charge is 2.12. The summed E-state index contributed by atoms with van der Waals surface area (Å²) in [4.78, 5) is 11.2. The van der Waals surface area contributed by atoms with Crippen LogP contribution in [0.3, 0.4) is 0 Å². The number of hydrogen-bond donors (Lipinski definition) is 0. The molecule has 94 valence electrons. The van der Waals surface area contributed by atoms with E-state index in [1.807, 2.05) is 0 Å². The number of esters is 1. The second-order valence-electron chi connectivity index (χ2n) is 3.49. The van der Waals surface area contributed by atoms with E-state index in [2.05, 4.69) is 10.2 Å². The Bertz CT molecular complexity index is 537. The highest BCUT2D eigenvalue weighted by molar-refractivity contribution is 5.71. The van der Waals surface area contributed by atoms with Gasteiger partial charge in [-0.1, -0.05) is 0 Å². The first-order valence-corrected chi connectivity index (χ1v) is 5.43. The van der Waals surface area contributed by atoms with E-state index in [1.165, 1.54) is 24.3 Å². The van der Waals surface area contributed by atoms with Crippen LogP contribution in [0.4, 0.5) is 4.39 Å². The summed E-state index contributed by atoms with van der Waals surface area (Å²) in [5, 5.41) is 7.51. The van der Waals surface area contributed by atoms with Gasteiger partial charge in [0, 0.05) is 5.56 Å². The molecule has 0 radical (unpaired) electrons. The molecule has 0 N–H and O–H groups in total. The molecule has 1 aromatic carbocycles. The predicted octanol–water partition coefficient (Wildman–Crippen LogP) is 1.98. The van der Waals surface area contributed by atoms with Crippen molar-refractivity contribution in [1.29, 1.82) is 0 Å². The Morgan fingerprint density at radius 2 is 2.06 bits per heavy atom. The molecule has 2 aromatic rings. The molecule has 6 heteroatoms. The normalized spacial score (nSPS) is 10.3. The fraction of sp³-hybridized carbons (Fsp3) is 0.250. The number of carbonyl (C=O) groups is 1. The van der Waals surface area contributed by atoms with Crippen molar-refractivity contribution in [2.45, 2.75) is 13.3 Å². The third-order valence-electron chi connectivity index (χ3n) is 2.16. The van der Waals surface area contributed by atoms with Crippen molar-refractivity contribution in [3.63, 3.8) is 0 Å². The van der Waals surface area contributed by atoms with Crippen molar-refractivity contribution < 1.29 is 18.3 Å². The van der Waals surface area contributed by atoms with E-state index in [9.17, 15) is 9.18 Å². The predicted molar refractivity (Wildman–Crippen MR) is 60.0 cm³/mol. The van der Waals surface area contributed by atoms with Crippen LogP contribution < -0.4 is 0 Å². The van der Waals surface area contributed by atoms with Gasteiger partial charge in [-0.15, -0.1) is 10.2 Å². The molecule has 0 unspecified atom stereocenters. The van der Waals surface area contributed by atoms with Gasteiger partial charge in [0.15, 0.2) is 0 Å². The van der Waals surface area contributed by atoms with E-state index in [0.29, 0.717) is 12.2 Å². The van der Waals surface area contributed by atoms with Gasteiger partial charge in [-0.25, -0.2) is 4.39 Å². The van der Waals surface area contributed by atoms with E-state index in [1.54, 1.807) is 6.92 Å². The van der Waals surface area contributed by atoms with Gasteiger partial charge < -0.3 is 9.15 Å². The number of rotatable bonds is 4. The quantitative estimate of drug-likeness (QED) is 0.776. The van der Waals surface area contributed by atoms with Crippen LogP contribution in [-0.4, -0.2) is 22.8 Å². The summed E-state index contributed by atoms with van der Waals surface area (Å²) in [5.74, 6) is -0.348. The first kappa shape index (κ1) is 12.2. The van der Waals surface area contributed by atoms with E-state index in [0.717, 1.165) is 0 Å². The molecule has 1 heterocycles. The maximum absolute atomic E-state index is 12.7. The van der Waals surface area contributed by atoms with Gasteiger partial charge in [-0.2, -0.15) is 0 Å². The van der Waals surface area contributed by atoms with Crippen LogP contribution in [0.1, 0.15) is 12.8 Å². The summed E-state index contributed by atoms with van der Waals surface area (Å²) < 4.78 is 22.8. The fourth-order valence-corrected chi connectivity index (χ4v) is 1.37. The van der Waals surface area contributed by atoms with Gasteiger partial charge in [0.25, 0.3) is 0 Å². The van der Waals surface area contributed by atoms with E-state index >= 15 is 0 Å². The Morgan fingerprint density at radius 3 is 2.72 bits per heavy atom. The Balaban J connectivity index is 2.10. The summed E-state index contributed by atoms with van der Waals surface area (Å²) in [5.41, 5.74) is 0.596. The first-order chi connectivity index (χ1) is 8.69. The zero-order chi connectivity index (χ0) is 13.0. The van der Waals surface area contributed by atoms with Crippen LogP contribution in [0.15, 0.2) is 28.7 Å². The maximum Gasteiger partial charge on any atom is 0.315 e. The van der Waals surface area contributed by atoms with Crippen molar-refractivity contribution in [3.05, 3.63) is 36.0 Å². The average molecular weight is 250 g/mol. The average Bonchev–Trinajstić information content (AvgIpc) is 2.78.